The fraction of sp³-hybridized carbons (Fsp3) is 1.00. The Kier molecular flexibility index (Phi) is 4.13. The van der Waals surface area contributed by atoms with Crippen molar-refractivity contribution in [3.8, 4) is 0 Å². The van der Waals surface area contributed by atoms with E-state index in [2.05, 4.69) is 4.52 Å². The average molecular weight is 93.4 g/mol. The fourth-order valence-electron chi connectivity index (χ4n) is 0.0861. The number of rotatable bonds is 2. The molecule has 0 amide bonds. The summed E-state index contributed by atoms with van der Waals surface area (Å²) >= 11 is 0. The molecule has 0 N–H and O–H groups in total. The highest BCUT2D eigenvalue weighted by Crippen LogP contribution is 2.20. The van der Waals surface area contributed by atoms with Crippen LogP contribution in [0.3, 0.4) is 0 Å². The van der Waals surface area contributed by atoms with Crippen LogP contribution in [0.1, 0.15) is 0 Å². The van der Waals surface area contributed by atoms with Crippen LogP contribution in [-0.2, 0) is 4.52 Å². The Morgan fingerprint density at radius 3 is 2.00 bits per heavy atom. The van der Waals surface area contributed by atoms with Crippen LogP contribution in [0.25, 0.3) is 0 Å². The van der Waals surface area contributed by atoms with E-state index in [4.69, 9.17) is 23.0 Å². The van der Waals surface area contributed by atoms with Crippen molar-refractivity contribution >= 4 is 30.9 Å². The van der Waals surface area contributed by atoms with Gasteiger partial charge in [0.2, 0.25) is 0 Å². The third-order valence-corrected chi connectivity index (χ3v) is 0.671. The molecule has 0 aliphatic carbocycles. The van der Waals surface area contributed by atoms with E-state index in [-0.39, 0.29) is 6.51 Å². The van der Waals surface area contributed by atoms with E-state index in [1.54, 1.807) is 0 Å². The molecule has 1 nitrogen and oxygen atoms in total. The van der Waals surface area contributed by atoms with Crippen LogP contribution in [0.4, 0.5) is 0 Å². The summed E-state index contributed by atoms with van der Waals surface area (Å²) in [6, 6.07) is 0. The lowest BCUT2D eigenvalue weighted by atomic mass is 10.2. The lowest BCUT2D eigenvalue weighted by Crippen LogP contribution is -1.85. The summed E-state index contributed by atoms with van der Waals surface area (Å²) in [5.74, 6) is 0. The van der Waals surface area contributed by atoms with Crippen molar-refractivity contribution in [2.75, 3.05) is 6.51 Å². The molecule has 0 bridgehead atoms. The van der Waals surface area contributed by atoms with Gasteiger partial charge in [-0.1, -0.05) is 7.91 Å². The van der Waals surface area contributed by atoms with Crippen molar-refractivity contribution in [3.05, 3.63) is 0 Å². The fourth-order valence-corrected chi connectivity index (χ4v) is 0.258. The molecule has 0 spiro atoms. The van der Waals surface area contributed by atoms with Gasteiger partial charge in [0.25, 0.3) is 0 Å². The van der Waals surface area contributed by atoms with Gasteiger partial charge in [-0.05, 0) is 0 Å². The highest BCUT2D eigenvalue weighted by Gasteiger charge is 1.82. The van der Waals surface area contributed by atoms with Crippen molar-refractivity contribution in [1.82, 2.24) is 0 Å². The largest absolute Gasteiger partial charge is 0.390 e. The van der Waals surface area contributed by atoms with E-state index < -0.39 is 7.91 Å². The Morgan fingerprint density at radius 2 is 2.00 bits per heavy atom. The minimum atomic E-state index is -1.23. The van der Waals surface area contributed by atoms with E-state index in [0.29, 0.717) is 0 Å². The first-order valence-corrected chi connectivity index (χ1v) is 2.79. The first-order chi connectivity index (χ1) is 2.77. The Bertz CT molecular complexity index is 32.0. The molecule has 0 fully saturated rings. The standard InChI is InChI=1S/CH2B3OP/c2-1-5-6(3)4/h1H2. The molecular weight excluding hydrogens is 91.4 g/mol. The van der Waals surface area contributed by atoms with E-state index in [1.807, 2.05) is 0 Å². The van der Waals surface area contributed by atoms with Crippen molar-refractivity contribution in [1.29, 1.82) is 0 Å². The monoisotopic (exact) mass is 94.0 g/mol. The van der Waals surface area contributed by atoms with Crippen LogP contribution in [0.15, 0.2) is 0 Å². The molecule has 0 atom stereocenters. The summed E-state index contributed by atoms with van der Waals surface area (Å²) in [4.78, 5) is 0. The van der Waals surface area contributed by atoms with Crippen molar-refractivity contribution in [2.24, 2.45) is 0 Å². The molecule has 0 saturated carbocycles. The highest BCUT2D eigenvalue weighted by atomic mass is 31.1. The maximum atomic E-state index is 4.94. The second-order valence-corrected chi connectivity index (χ2v) is 1.63. The zero-order valence-corrected chi connectivity index (χ0v) is 4.19. The van der Waals surface area contributed by atoms with Gasteiger partial charge < -0.3 is 4.52 Å². The van der Waals surface area contributed by atoms with Crippen LogP contribution < -0.4 is 0 Å². The van der Waals surface area contributed by atoms with Gasteiger partial charge in [-0.2, -0.15) is 0 Å². The lowest BCUT2D eigenvalue weighted by molar-refractivity contribution is 0.449. The zero-order valence-electron chi connectivity index (χ0n) is 3.29. The molecule has 0 aliphatic heterocycles. The van der Waals surface area contributed by atoms with Gasteiger partial charge >= 0.3 is 0 Å². The highest BCUT2D eigenvalue weighted by molar-refractivity contribution is 7.97. The average Bonchev–Trinajstić information content (AvgIpc) is 1.35. The second-order valence-electron chi connectivity index (χ2n) is 0.656. The quantitative estimate of drug-likeness (QED) is 0.336. The van der Waals surface area contributed by atoms with Crippen LogP contribution in [0.2, 0.25) is 0 Å². The van der Waals surface area contributed by atoms with E-state index in [0.717, 1.165) is 0 Å². The second kappa shape index (κ2) is 3.76. The predicted molar refractivity (Wildman–Crippen MR) is 30.1 cm³/mol. The third kappa shape index (κ3) is 4.58. The van der Waals surface area contributed by atoms with Crippen molar-refractivity contribution in [2.45, 2.75) is 0 Å². The van der Waals surface area contributed by atoms with Crippen LogP contribution in [0.5, 0.6) is 0 Å². The van der Waals surface area contributed by atoms with Crippen LogP contribution in [0, 0.1) is 0 Å². The zero-order chi connectivity index (χ0) is 4.99. The Labute approximate surface area is 42.8 Å². The van der Waals surface area contributed by atoms with Gasteiger partial charge in [-0.15, -0.1) is 0 Å². The molecule has 6 heavy (non-hydrogen) atoms. The minimum Gasteiger partial charge on any atom is -0.390 e. The minimum absolute atomic E-state index is 0.110. The normalized spacial score (nSPS) is 9.50. The molecule has 0 aromatic heterocycles. The summed E-state index contributed by atoms with van der Waals surface area (Å²) in [5.41, 5.74) is 0. The molecule has 0 aliphatic rings. The van der Waals surface area contributed by atoms with Crippen molar-refractivity contribution < 1.29 is 4.52 Å². The first kappa shape index (κ1) is 6.58. The number of hydrogen-bond donors (Lipinski definition) is 0. The molecule has 5 heteroatoms. The van der Waals surface area contributed by atoms with Crippen molar-refractivity contribution in [3.63, 3.8) is 0 Å². The molecule has 0 saturated heterocycles. The smallest absolute Gasteiger partial charge is 0.133 e. The summed E-state index contributed by atoms with van der Waals surface area (Å²) in [6.45, 7) is 0.110. The van der Waals surface area contributed by atoms with E-state index in [1.165, 1.54) is 0 Å². The molecular formula is CH2B3OP. The van der Waals surface area contributed by atoms with Crippen LogP contribution in [-0.4, -0.2) is 29.5 Å². The maximum absolute atomic E-state index is 4.94. The van der Waals surface area contributed by atoms with E-state index in [9.17, 15) is 0 Å². The van der Waals surface area contributed by atoms with Gasteiger partial charge in [0.1, 0.15) is 23.0 Å². The van der Waals surface area contributed by atoms with Gasteiger partial charge in [-0.25, -0.2) is 0 Å². The predicted octanol–water partition coefficient (Wildman–Crippen LogP) is -0.307. The van der Waals surface area contributed by atoms with Crippen LogP contribution >= 0.6 is 7.91 Å². The van der Waals surface area contributed by atoms with Gasteiger partial charge in [0.15, 0.2) is 0 Å². The van der Waals surface area contributed by atoms with E-state index >= 15 is 0 Å². The maximum Gasteiger partial charge on any atom is 0.133 e. The summed E-state index contributed by atoms with van der Waals surface area (Å²) < 4.78 is 4.44. The Hall–Kier alpha value is 0.585. The summed E-state index contributed by atoms with van der Waals surface area (Å²) in [5, 5.41) is 0. The molecule has 0 aromatic rings. The molecule has 6 radical (unpaired) electrons. The molecule has 0 aromatic carbocycles. The summed E-state index contributed by atoms with van der Waals surface area (Å²) in [6.07, 6.45) is 0. The molecule has 0 heterocycles. The SMILES string of the molecule is [B]COP([B])[B]. The number of hydrogen-bond acceptors (Lipinski definition) is 1. The summed E-state index contributed by atoms with van der Waals surface area (Å²) in [7, 11) is 13.5. The first-order valence-electron chi connectivity index (χ1n) is 1.40. The van der Waals surface area contributed by atoms with Gasteiger partial charge in [-0.3, -0.25) is 0 Å². The topological polar surface area (TPSA) is 9.23 Å². The molecule has 0 unspecified atom stereocenters. The molecule has 0 rings (SSSR count). The Balaban J connectivity index is 2.63. The Morgan fingerprint density at radius 1 is 1.50 bits per heavy atom. The third-order valence-electron chi connectivity index (χ3n) is 0.224. The van der Waals surface area contributed by atoms with Gasteiger partial charge in [0.05, 0.1) is 0 Å². The molecule has 26 valence electrons. The van der Waals surface area contributed by atoms with Gasteiger partial charge in [0, 0.05) is 6.51 Å². The lowest BCUT2D eigenvalue weighted by Gasteiger charge is -2.02.